The minimum absolute atomic E-state index is 0.718. The second kappa shape index (κ2) is 5.77. The standard InChI is InChI=1S/C18H28N2/c1-4-14-8-5-7-13(2)18(14)20-16-9-6-10-17(20)12-15(11-16)19-3/h5,7-8,15-17,19H,4,6,9-12H2,1-3H3. The molecule has 2 aliphatic rings. The number of anilines is 1. The minimum atomic E-state index is 0.718. The third-order valence-electron chi connectivity index (χ3n) is 5.34. The zero-order chi connectivity index (χ0) is 14.1. The number of hydrogen-bond acceptors (Lipinski definition) is 2. The lowest BCUT2D eigenvalue weighted by Gasteiger charge is -2.51. The van der Waals surface area contributed by atoms with E-state index >= 15 is 0 Å². The summed E-state index contributed by atoms with van der Waals surface area (Å²) in [5, 5.41) is 3.52. The summed E-state index contributed by atoms with van der Waals surface area (Å²) >= 11 is 0. The fourth-order valence-corrected chi connectivity index (χ4v) is 4.36. The predicted octanol–water partition coefficient (Wildman–Crippen LogP) is 3.67. The highest BCUT2D eigenvalue weighted by Gasteiger charge is 2.38. The Hall–Kier alpha value is -1.02. The number of benzene rings is 1. The zero-order valence-electron chi connectivity index (χ0n) is 13.2. The van der Waals surface area contributed by atoms with Crippen molar-refractivity contribution in [1.82, 2.24) is 5.32 Å². The Labute approximate surface area is 123 Å². The van der Waals surface area contributed by atoms with E-state index in [1.807, 2.05) is 0 Å². The number of para-hydroxylation sites is 1. The zero-order valence-corrected chi connectivity index (χ0v) is 13.2. The van der Waals surface area contributed by atoms with Gasteiger partial charge in [0.1, 0.15) is 0 Å². The monoisotopic (exact) mass is 272 g/mol. The largest absolute Gasteiger partial charge is 0.365 e. The molecule has 2 saturated heterocycles. The minimum Gasteiger partial charge on any atom is -0.365 e. The molecule has 2 bridgehead atoms. The predicted molar refractivity (Wildman–Crippen MR) is 86.5 cm³/mol. The van der Waals surface area contributed by atoms with E-state index in [1.54, 1.807) is 5.69 Å². The first-order valence-electron chi connectivity index (χ1n) is 8.28. The second-order valence-electron chi connectivity index (χ2n) is 6.54. The van der Waals surface area contributed by atoms with E-state index in [0.717, 1.165) is 24.5 Å². The Morgan fingerprint density at radius 3 is 2.50 bits per heavy atom. The van der Waals surface area contributed by atoms with E-state index in [2.05, 4.69) is 49.3 Å². The van der Waals surface area contributed by atoms with Crippen LogP contribution >= 0.6 is 0 Å². The van der Waals surface area contributed by atoms with Gasteiger partial charge in [0.05, 0.1) is 0 Å². The van der Waals surface area contributed by atoms with Crippen LogP contribution in [0.4, 0.5) is 5.69 Å². The van der Waals surface area contributed by atoms with Crippen molar-refractivity contribution in [2.24, 2.45) is 0 Å². The molecule has 1 N–H and O–H groups in total. The van der Waals surface area contributed by atoms with Crippen molar-refractivity contribution in [3.05, 3.63) is 29.3 Å². The van der Waals surface area contributed by atoms with Crippen molar-refractivity contribution in [2.45, 2.75) is 70.5 Å². The average Bonchev–Trinajstić information content (AvgIpc) is 2.45. The van der Waals surface area contributed by atoms with Gasteiger partial charge in [-0.05, 0) is 63.6 Å². The maximum Gasteiger partial charge on any atom is 0.0433 e. The SMILES string of the molecule is CCc1cccc(C)c1N1C2CCCC1CC(NC)C2. The quantitative estimate of drug-likeness (QED) is 0.903. The van der Waals surface area contributed by atoms with Gasteiger partial charge < -0.3 is 10.2 Å². The van der Waals surface area contributed by atoms with Gasteiger partial charge in [-0.25, -0.2) is 0 Å². The molecule has 0 saturated carbocycles. The Morgan fingerprint density at radius 2 is 1.90 bits per heavy atom. The van der Waals surface area contributed by atoms with Crippen molar-refractivity contribution in [3.8, 4) is 0 Å². The van der Waals surface area contributed by atoms with Gasteiger partial charge in [0.2, 0.25) is 0 Å². The second-order valence-corrected chi connectivity index (χ2v) is 6.54. The first-order chi connectivity index (χ1) is 9.74. The summed E-state index contributed by atoms with van der Waals surface area (Å²) in [6, 6.07) is 9.03. The van der Waals surface area contributed by atoms with Crippen LogP contribution in [0.15, 0.2) is 18.2 Å². The highest BCUT2D eigenvalue weighted by Crippen LogP contribution is 2.40. The molecule has 0 amide bonds. The summed E-state index contributed by atoms with van der Waals surface area (Å²) in [6.45, 7) is 4.57. The van der Waals surface area contributed by atoms with Crippen molar-refractivity contribution in [1.29, 1.82) is 0 Å². The van der Waals surface area contributed by atoms with Gasteiger partial charge in [-0.3, -0.25) is 0 Å². The molecule has 110 valence electrons. The van der Waals surface area contributed by atoms with Crippen LogP contribution in [0.25, 0.3) is 0 Å². The first-order valence-corrected chi connectivity index (χ1v) is 8.28. The summed E-state index contributed by atoms with van der Waals surface area (Å²) in [5.41, 5.74) is 4.55. The number of piperidine rings is 2. The number of nitrogens with one attached hydrogen (secondary N) is 1. The van der Waals surface area contributed by atoms with Crippen molar-refractivity contribution < 1.29 is 0 Å². The number of nitrogens with zero attached hydrogens (tertiary/aromatic N) is 1. The summed E-state index contributed by atoms with van der Waals surface area (Å²) in [6.07, 6.45) is 7.91. The molecule has 0 aromatic heterocycles. The summed E-state index contributed by atoms with van der Waals surface area (Å²) in [5.74, 6) is 0. The normalized spacial score (nSPS) is 29.6. The fourth-order valence-electron chi connectivity index (χ4n) is 4.36. The maximum atomic E-state index is 3.52. The molecule has 1 aromatic rings. The molecular formula is C18H28N2. The first kappa shape index (κ1) is 13.9. The van der Waals surface area contributed by atoms with Crippen molar-refractivity contribution in [3.63, 3.8) is 0 Å². The number of hydrogen-bond donors (Lipinski definition) is 1. The lowest BCUT2D eigenvalue weighted by Crippen LogP contribution is -2.56. The molecule has 20 heavy (non-hydrogen) atoms. The molecule has 2 aliphatic heterocycles. The Kier molecular flexibility index (Phi) is 4.02. The average molecular weight is 272 g/mol. The van der Waals surface area contributed by atoms with Gasteiger partial charge in [-0.1, -0.05) is 25.1 Å². The molecule has 2 atom stereocenters. The van der Waals surface area contributed by atoms with Crippen LogP contribution in [0.5, 0.6) is 0 Å². The van der Waals surface area contributed by atoms with E-state index in [1.165, 1.54) is 43.2 Å². The lowest BCUT2D eigenvalue weighted by molar-refractivity contribution is 0.252. The van der Waals surface area contributed by atoms with Gasteiger partial charge in [0, 0.05) is 23.8 Å². The van der Waals surface area contributed by atoms with Gasteiger partial charge in [-0.2, -0.15) is 0 Å². The van der Waals surface area contributed by atoms with Crippen LogP contribution in [-0.4, -0.2) is 25.2 Å². The maximum absolute atomic E-state index is 3.52. The molecule has 0 radical (unpaired) electrons. The van der Waals surface area contributed by atoms with Crippen molar-refractivity contribution >= 4 is 5.69 Å². The number of aryl methyl sites for hydroxylation is 2. The van der Waals surface area contributed by atoms with Crippen LogP contribution in [0.1, 0.15) is 50.2 Å². The molecule has 2 heterocycles. The summed E-state index contributed by atoms with van der Waals surface area (Å²) in [7, 11) is 2.13. The van der Waals surface area contributed by atoms with Crippen LogP contribution in [0.2, 0.25) is 0 Å². The third-order valence-corrected chi connectivity index (χ3v) is 5.34. The van der Waals surface area contributed by atoms with Crippen LogP contribution < -0.4 is 10.2 Å². The third kappa shape index (κ3) is 2.35. The molecule has 3 rings (SSSR count). The molecule has 1 aromatic carbocycles. The Morgan fingerprint density at radius 1 is 1.20 bits per heavy atom. The summed E-state index contributed by atoms with van der Waals surface area (Å²) in [4.78, 5) is 2.80. The van der Waals surface area contributed by atoms with Gasteiger partial charge in [-0.15, -0.1) is 0 Å². The molecule has 0 spiro atoms. The topological polar surface area (TPSA) is 15.3 Å². The highest BCUT2D eigenvalue weighted by molar-refractivity contribution is 5.61. The van der Waals surface area contributed by atoms with E-state index in [0.29, 0.717) is 0 Å². The highest BCUT2D eigenvalue weighted by atomic mass is 15.2. The van der Waals surface area contributed by atoms with Gasteiger partial charge in [0.15, 0.2) is 0 Å². The van der Waals surface area contributed by atoms with E-state index in [9.17, 15) is 0 Å². The van der Waals surface area contributed by atoms with Crippen LogP contribution in [-0.2, 0) is 6.42 Å². The fraction of sp³-hybridized carbons (Fsp3) is 0.667. The number of rotatable bonds is 3. The van der Waals surface area contributed by atoms with Gasteiger partial charge >= 0.3 is 0 Å². The Bertz CT molecular complexity index is 454. The van der Waals surface area contributed by atoms with Crippen LogP contribution in [0, 0.1) is 6.92 Å². The lowest BCUT2D eigenvalue weighted by atomic mass is 9.80. The van der Waals surface area contributed by atoms with Crippen molar-refractivity contribution in [2.75, 3.05) is 11.9 Å². The summed E-state index contributed by atoms with van der Waals surface area (Å²) < 4.78 is 0. The molecular weight excluding hydrogens is 244 g/mol. The number of fused-ring (bicyclic) bond motifs is 2. The molecule has 2 nitrogen and oxygen atoms in total. The molecule has 0 aliphatic carbocycles. The molecule has 2 fully saturated rings. The van der Waals surface area contributed by atoms with E-state index in [4.69, 9.17) is 0 Å². The smallest absolute Gasteiger partial charge is 0.0433 e. The van der Waals surface area contributed by atoms with E-state index in [-0.39, 0.29) is 0 Å². The Balaban J connectivity index is 1.97. The van der Waals surface area contributed by atoms with Gasteiger partial charge in [0.25, 0.3) is 0 Å². The van der Waals surface area contributed by atoms with E-state index < -0.39 is 0 Å². The molecule has 2 heteroatoms. The molecule has 2 unspecified atom stereocenters. The van der Waals surface area contributed by atoms with Crippen LogP contribution in [0.3, 0.4) is 0 Å².